The molecule has 1 aromatic carbocycles. The topological polar surface area (TPSA) is 0 Å². The van der Waals surface area contributed by atoms with Gasteiger partial charge in [0.2, 0.25) is 0 Å². The molecule has 0 saturated carbocycles. The molecular formula is C13H17Cl2+. The van der Waals surface area contributed by atoms with Crippen molar-refractivity contribution in [1.82, 2.24) is 0 Å². The van der Waals surface area contributed by atoms with Crippen LogP contribution in [-0.2, 0) is 0 Å². The Morgan fingerprint density at radius 3 is 1.80 bits per heavy atom. The van der Waals surface area contributed by atoms with Crippen LogP contribution in [0.4, 0.5) is 0 Å². The minimum Gasteiger partial charge on any atom is -0.0682 e. The second-order valence-electron chi connectivity index (χ2n) is 3.76. The molecule has 0 spiro atoms. The van der Waals surface area contributed by atoms with E-state index in [4.69, 9.17) is 23.2 Å². The molecule has 0 N–H and O–H groups in total. The van der Waals surface area contributed by atoms with Crippen molar-refractivity contribution in [3.8, 4) is 0 Å². The molecule has 15 heavy (non-hydrogen) atoms. The van der Waals surface area contributed by atoms with Crippen LogP contribution in [0.15, 0.2) is 18.2 Å². The Labute approximate surface area is 103 Å². The van der Waals surface area contributed by atoms with Crippen LogP contribution in [0.5, 0.6) is 0 Å². The maximum atomic E-state index is 6.00. The fourth-order valence-electron chi connectivity index (χ4n) is 1.78. The molecule has 0 atom stereocenters. The van der Waals surface area contributed by atoms with Crippen molar-refractivity contribution in [2.24, 2.45) is 0 Å². The Morgan fingerprint density at radius 2 is 1.40 bits per heavy atom. The lowest BCUT2D eigenvalue weighted by atomic mass is 9.90. The number of hydrogen-bond donors (Lipinski definition) is 0. The fourth-order valence-corrected chi connectivity index (χ4v) is 2.30. The smallest absolute Gasteiger partial charge is 0.0682 e. The van der Waals surface area contributed by atoms with E-state index in [2.05, 4.69) is 13.8 Å². The van der Waals surface area contributed by atoms with Crippen molar-refractivity contribution in [3.63, 3.8) is 0 Å². The summed E-state index contributed by atoms with van der Waals surface area (Å²) in [5.41, 5.74) is 1.20. The first-order chi connectivity index (χ1) is 7.17. The van der Waals surface area contributed by atoms with Crippen LogP contribution >= 0.6 is 23.2 Å². The minimum atomic E-state index is 0.724. The van der Waals surface area contributed by atoms with Crippen molar-refractivity contribution < 1.29 is 0 Å². The third kappa shape index (κ3) is 3.96. The Balaban J connectivity index is 2.88. The minimum absolute atomic E-state index is 0.724. The first-order valence-electron chi connectivity index (χ1n) is 5.48. The van der Waals surface area contributed by atoms with Gasteiger partial charge >= 0.3 is 0 Å². The van der Waals surface area contributed by atoms with Crippen LogP contribution in [0.3, 0.4) is 0 Å². The van der Waals surface area contributed by atoms with Crippen molar-refractivity contribution in [1.29, 1.82) is 0 Å². The first-order valence-corrected chi connectivity index (χ1v) is 6.24. The molecule has 0 aliphatic rings. The van der Waals surface area contributed by atoms with Crippen LogP contribution in [0.2, 0.25) is 10.0 Å². The van der Waals surface area contributed by atoms with Crippen molar-refractivity contribution in [3.05, 3.63) is 39.7 Å². The standard InChI is InChI=1S/C13H17Cl2/c1-3-5-10(6-4-2)11-7-12(14)9-13(15)8-11/h7-9H,3-6H2,1-2H3/q+1. The molecule has 2 heteroatoms. The normalized spacial score (nSPS) is 10.4. The summed E-state index contributed by atoms with van der Waals surface area (Å²) in [4.78, 5) is 0. The van der Waals surface area contributed by atoms with Gasteiger partial charge in [0.05, 0.1) is 22.2 Å². The van der Waals surface area contributed by atoms with E-state index in [1.165, 1.54) is 24.3 Å². The van der Waals surface area contributed by atoms with E-state index >= 15 is 0 Å². The number of hydrogen-bond acceptors (Lipinski definition) is 0. The highest BCUT2D eigenvalue weighted by molar-refractivity contribution is 6.34. The van der Waals surface area contributed by atoms with Crippen LogP contribution in [0, 0.1) is 5.92 Å². The van der Waals surface area contributed by atoms with E-state index in [-0.39, 0.29) is 0 Å². The highest BCUT2D eigenvalue weighted by atomic mass is 35.5. The van der Waals surface area contributed by atoms with E-state index in [1.54, 1.807) is 6.07 Å². The number of benzene rings is 1. The molecule has 0 aliphatic carbocycles. The van der Waals surface area contributed by atoms with Crippen molar-refractivity contribution >= 4 is 23.2 Å². The highest BCUT2D eigenvalue weighted by Crippen LogP contribution is 2.29. The van der Waals surface area contributed by atoms with Crippen molar-refractivity contribution in [2.75, 3.05) is 0 Å². The monoisotopic (exact) mass is 243 g/mol. The molecule has 0 unspecified atom stereocenters. The van der Waals surface area contributed by atoms with Crippen LogP contribution in [-0.4, -0.2) is 0 Å². The van der Waals surface area contributed by atoms with E-state index in [9.17, 15) is 0 Å². The van der Waals surface area contributed by atoms with Crippen LogP contribution < -0.4 is 0 Å². The maximum absolute atomic E-state index is 6.00. The summed E-state index contributed by atoms with van der Waals surface area (Å²) in [6, 6.07) is 5.80. The zero-order valence-corrected chi connectivity index (χ0v) is 10.8. The van der Waals surface area contributed by atoms with Crippen molar-refractivity contribution in [2.45, 2.75) is 39.5 Å². The second-order valence-corrected chi connectivity index (χ2v) is 4.63. The lowest BCUT2D eigenvalue weighted by molar-refractivity contribution is 0.721. The average Bonchev–Trinajstić information content (AvgIpc) is 2.16. The summed E-state index contributed by atoms with van der Waals surface area (Å²) < 4.78 is 0. The molecule has 0 aromatic heterocycles. The average molecular weight is 244 g/mol. The molecule has 0 nitrogen and oxygen atoms in total. The molecule has 0 bridgehead atoms. The highest BCUT2D eigenvalue weighted by Gasteiger charge is 2.18. The van der Waals surface area contributed by atoms with Gasteiger partial charge in [0.15, 0.2) is 0 Å². The lowest BCUT2D eigenvalue weighted by Gasteiger charge is -2.08. The molecular weight excluding hydrogens is 227 g/mol. The van der Waals surface area contributed by atoms with Gasteiger partial charge in [-0.2, -0.15) is 0 Å². The number of halogens is 2. The summed E-state index contributed by atoms with van der Waals surface area (Å²) in [6.07, 6.45) is 4.59. The Hall–Kier alpha value is -0.330. The molecule has 0 radical (unpaired) electrons. The SMILES string of the molecule is CCC[C+](CCC)c1cc(Cl)cc(Cl)c1. The van der Waals surface area contributed by atoms with E-state index < -0.39 is 0 Å². The van der Waals surface area contributed by atoms with Gasteiger partial charge in [0.1, 0.15) is 5.56 Å². The van der Waals surface area contributed by atoms with Gasteiger partial charge in [-0.1, -0.05) is 37.0 Å². The lowest BCUT2D eigenvalue weighted by Crippen LogP contribution is -1.99. The van der Waals surface area contributed by atoms with Gasteiger partial charge in [-0.3, -0.25) is 0 Å². The number of rotatable bonds is 5. The third-order valence-corrected chi connectivity index (χ3v) is 2.81. The van der Waals surface area contributed by atoms with E-state index in [1.807, 2.05) is 12.1 Å². The van der Waals surface area contributed by atoms with Gasteiger partial charge < -0.3 is 0 Å². The zero-order valence-electron chi connectivity index (χ0n) is 9.32. The van der Waals surface area contributed by atoms with E-state index in [0.29, 0.717) is 0 Å². The molecule has 0 saturated heterocycles. The Bertz CT molecular complexity index is 281. The van der Waals surface area contributed by atoms with E-state index in [0.717, 1.165) is 22.9 Å². The summed E-state index contributed by atoms with van der Waals surface area (Å²) in [5.74, 6) is 1.46. The molecule has 1 rings (SSSR count). The molecule has 82 valence electrons. The molecule has 1 aromatic rings. The maximum Gasteiger partial charge on any atom is 0.135 e. The molecule has 0 fully saturated rings. The van der Waals surface area contributed by atoms with Gasteiger partial charge in [-0.15, -0.1) is 0 Å². The first kappa shape index (κ1) is 12.7. The summed E-state index contributed by atoms with van der Waals surface area (Å²) in [7, 11) is 0. The molecule has 0 amide bonds. The van der Waals surface area contributed by atoms with Gasteiger partial charge in [-0.05, 0) is 12.8 Å². The summed E-state index contributed by atoms with van der Waals surface area (Å²) >= 11 is 12.0. The second kappa shape index (κ2) is 6.30. The Morgan fingerprint density at radius 1 is 0.933 bits per heavy atom. The largest absolute Gasteiger partial charge is 0.135 e. The van der Waals surface area contributed by atoms with Gasteiger partial charge in [0, 0.05) is 24.8 Å². The molecule has 0 aliphatic heterocycles. The predicted molar refractivity (Wildman–Crippen MR) is 68.6 cm³/mol. The predicted octanol–water partition coefficient (Wildman–Crippen LogP) is 5.52. The van der Waals surface area contributed by atoms with Crippen LogP contribution in [0.1, 0.15) is 45.1 Å². The van der Waals surface area contributed by atoms with Crippen LogP contribution in [0.25, 0.3) is 0 Å². The summed E-state index contributed by atoms with van der Waals surface area (Å²) in [5, 5.41) is 1.45. The van der Waals surface area contributed by atoms with Gasteiger partial charge in [-0.25, -0.2) is 0 Å². The fraction of sp³-hybridized carbons (Fsp3) is 0.462. The summed E-state index contributed by atoms with van der Waals surface area (Å²) in [6.45, 7) is 4.39. The Kier molecular flexibility index (Phi) is 5.35. The molecule has 0 heterocycles. The zero-order chi connectivity index (χ0) is 11.3. The third-order valence-electron chi connectivity index (χ3n) is 2.37. The van der Waals surface area contributed by atoms with Gasteiger partial charge in [0.25, 0.3) is 0 Å². The quantitative estimate of drug-likeness (QED) is 0.598.